The zero-order valence-corrected chi connectivity index (χ0v) is 12.4. The number of likely N-dealkylation sites (tertiary alicyclic amines) is 1. The summed E-state index contributed by atoms with van der Waals surface area (Å²) in [5, 5.41) is 3.96. The fourth-order valence-electron chi connectivity index (χ4n) is 4.48. The maximum atomic E-state index is 5.29. The summed E-state index contributed by atoms with van der Waals surface area (Å²) in [6.45, 7) is 4.74. The molecular formula is C16H30N2O. The van der Waals surface area contributed by atoms with E-state index in [4.69, 9.17) is 4.74 Å². The number of fused-ring (bicyclic) bond motifs is 1. The number of hydrogen-bond acceptors (Lipinski definition) is 3. The summed E-state index contributed by atoms with van der Waals surface area (Å²) in [4.78, 5) is 2.66. The zero-order valence-electron chi connectivity index (χ0n) is 12.4. The quantitative estimate of drug-likeness (QED) is 0.845. The monoisotopic (exact) mass is 266 g/mol. The predicted octanol–water partition coefficient (Wildman–Crippen LogP) is 2.27. The molecule has 0 spiro atoms. The maximum absolute atomic E-state index is 5.29. The fourth-order valence-corrected chi connectivity index (χ4v) is 4.48. The molecule has 2 aliphatic heterocycles. The molecule has 0 aromatic rings. The molecule has 0 bridgehead atoms. The average Bonchev–Trinajstić information content (AvgIpc) is 2.86. The van der Waals surface area contributed by atoms with Gasteiger partial charge in [0.15, 0.2) is 0 Å². The van der Waals surface area contributed by atoms with Crippen LogP contribution in [0, 0.1) is 11.8 Å². The van der Waals surface area contributed by atoms with Crippen molar-refractivity contribution in [2.45, 2.75) is 57.0 Å². The molecule has 3 aliphatic rings. The van der Waals surface area contributed by atoms with Crippen molar-refractivity contribution in [2.75, 3.05) is 33.4 Å². The largest absolute Gasteiger partial charge is 0.384 e. The highest BCUT2D eigenvalue weighted by Crippen LogP contribution is 2.32. The number of hydrogen-bond donors (Lipinski definition) is 1. The van der Waals surface area contributed by atoms with Gasteiger partial charge in [0.2, 0.25) is 0 Å². The summed E-state index contributed by atoms with van der Waals surface area (Å²) < 4.78 is 5.29. The number of rotatable bonds is 4. The van der Waals surface area contributed by atoms with E-state index in [9.17, 15) is 0 Å². The molecule has 2 saturated heterocycles. The topological polar surface area (TPSA) is 24.5 Å². The molecule has 1 aliphatic carbocycles. The number of nitrogens with zero attached hydrogens (tertiary/aromatic N) is 1. The van der Waals surface area contributed by atoms with Crippen LogP contribution in [-0.4, -0.2) is 50.3 Å². The Morgan fingerprint density at radius 1 is 1.11 bits per heavy atom. The van der Waals surface area contributed by atoms with Gasteiger partial charge in [0.05, 0.1) is 6.61 Å². The van der Waals surface area contributed by atoms with Crippen molar-refractivity contribution in [3.63, 3.8) is 0 Å². The second-order valence-electron chi connectivity index (χ2n) is 6.96. The van der Waals surface area contributed by atoms with Crippen LogP contribution in [0.1, 0.15) is 44.9 Å². The molecule has 1 saturated carbocycles. The Hall–Kier alpha value is -0.120. The van der Waals surface area contributed by atoms with E-state index in [0.29, 0.717) is 0 Å². The first-order valence-electron chi connectivity index (χ1n) is 8.32. The Bertz CT molecular complexity index is 284. The van der Waals surface area contributed by atoms with Crippen molar-refractivity contribution in [1.29, 1.82) is 0 Å². The molecule has 19 heavy (non-hydrogen) atoms. The molecule has 3 fully saturated rings. The minimum absolute atomic E-state index is 0.751. The Kier molecular flexibility index (Phi) is 4.78. The van der Waals surface area contributed by atoms with Crippen LogP contribution in [0.2, 0.25) is 0 Å². The lowest BCUT2D eigenvalue weighted by atomic mass is 9.78. The zero-order chi connectivity index (χ0) is 13.1. The number of nitrogens with one attached hydrogen (secondary N) is 1. The Morgan fingerprint density at radius 2 is 2.00 bits per heavy atom. The van der Waals surface area contributed by atoms with Gasteiger partial charge in [-0.15, -0.1) is 0 Å². The van der Waals surface area contributed by atoms with Gasteiger partial charge in [0.1, 0.15) is 0 Å². The second kappa shape index (κ2) is 6.55. The normalized spacial score (nSPS) is 40.3. The van der Waals surface area contributed by atoms with Crippen molar-refractivity contribution in [3.8, 4) is 0 Å². The molecule has 0 amide bonds. The smallest absolute Gasteiger partial charge is 0.0503 e. The van der Waals surface area contributed by atoms with Gasteiger partial charge >= 0.3 is 0 Å². The average molecular weight is 266 g/mol. The molecule has 0 radical (unpaired) electrons. The Morgan fingerprint density at radius 3 is 2.89 bits per heavy atom. The van der Waals surface area contributed by atoms with Crippen molar-refractivity contribution in [3.05, 3.63) is 0 Å². The van der Waals surface area contributed by atoms with Crippen molar-refractivity contribution < 1.29 is 4.74 Å². The van der Waals surface area contributed by atoms with Crippen LogP contribution in [0.5, 0.6) is 0 Å². The molecule has 3 nitrogen and oxygen atoms in total. The SMILES string of the molecule is COCC1CCN(CC2CCC3CCCCC3N2)C1. The van der Waals surface area contributed by atoms with Gasteiger partial charge in [-0.3, -0.25) is 0 Å². The summed E-state index contributed by atoms with van der Waals surface area (Å²) in [7, 11) is 1.83. The highest BCUT2D eigenvalue weighted by atomic mass is 16.5. The standard InChI is InChI=1S/C16H30N2O/c1-19-12-13-8-9-18(10-13)11-15-7-6-14-4-2-3-5-16(14)17-15/h13-17H,2-12H2,1H3. The first-order chi connectivity index (χ1) is 9.35. The summed E-state index contributed by atoms with van der Waals surface area (Å²) >= 11 is 0. The summed E-state index contributed by atoms with van der Waals surface area (Å²) in [5.41, 5.74) is 0. The van der Waals surface area contributed by atoms with E-state index in [-0.39, 0.29) is 0 Å². The van der Waals surface area contributed by atoms with E-state index in [2.05, 4.69) is 10.2 Å². The van der Waals surface area contributed by atoms with Gasteiger partial charge < -0.3 is 15.0 Å². The molecule has 0 aromatic carbocycles. The van der Waals surface area contributed by atoms with E-state index in [1.165, 1.54) is 64.6 Å². The number of piperidine rings is 1. The van der Waals surface area contributed by atoms with Gasteiger partial charge in [0.25, 0.3) is 0 Å². The minimum Gasteiger partial charge on any atom is -0.384 e. The van der Waals surface area contributed by atoms with Crippen LogP contribution < -0.4 is 5.32 Å². The summed E-state index contributed by atoms with van der Waals surface area (Å²) in [5.74, 6) is 1.76. The van der Waals surface area contributed by atoms with Gasteiger partial charge in [-0.05, 0) is 50.5 Å². The summed E-state index contributed by atoms with van der Waals surface area (Å²) in [6.07, 6.45) is 10.0. The molecule has 2 heterocycles. The molecule has 110 valence electrons. The van der Waals surface area contributed by atoms with E-state index in [1.807, 2.05) is 7.11 Å². The molecule has 3 heteroatoms. The molecule has 4 unspecified atom stereocenters. The van der Waals surface area contributed by atoms with E-state index in [1.54, 1.807) is 0 Å². The lowest BCUT2D eigenvalue weighted by molar-refractivity contribution is 0.138. The van der Waals surface area contributed by atoms with Crippen LogP contribution >= 0.6 is 0 Å². The molecule has 1 N–H and O–H groups in total. The van der Waals surface area contributed by atoms with Crippen LogP contribution in [-0.2, 0) is 4.74 Å². The van der Waals surface area contributed by atoms with E-state index >= 15 is 0 Å². The van der Waals surface area contributed by atoms with E-state index < -0.39 is 0 Å². The number of ether oxygens (including phenoxy) is 1. The number of methoxy groups -OCH3 is 1. The molecule has 3 rings (SSSR count). The second-order valence-corrected chi connectivity index (χ2v) is 6.96. The lowest BCUT2D eigenvalue weighted by Crippen LogP contribution is -2.52. The lowest BCUT2D eigenvalue weighted by Gasteiger charge is -2.41. The van der Waals surface area contributed by atoms with Gasteiger partial charge in [-0.2, -0.15) is 0 Å². The van der Waals surface area contributed by atoms with Crippen molar-refractivity contribution >= 4 is 0 Å². The van der Waals surface area contributed by atoms with Gasteiger partial charge in [-0.25, -0.2) is 0 Å². The third-order valence-corrected chi connectivity index (χ3v) is 5.50. The van der Waals surface area contributed by atoms with E-state index in [0.717, 1.165) is 30.5 Å². The molecule has 4 atom stereocenters. The molecular weight excluding hydrogens is 236 g/mol. The van der Waals surface area contributed by atoms with Crippen molar-refractivity contribution in [2.24, 2.45) is 11.8 Å². The van der Waals surface area contributed by atoms with Crippen LogP contribution in [0.25, 0.3) is 0 Å². The molecule has 0 aromatic heterocycles. The van der Waals surface area contributed by atoms with Crippen molar-refractivity contribution in [1.82, 2.24) is 10.2 Å². The third-order valence-electron chi connectivity index (χ3n) is 5.50. The maximum Gasteiger partial charge on any atom is 0.0503 e. The van der Waals surface area contributed by atoms with Gasteiger partial charge in [-0.1, -0.05) is 12.8 Å². The van der Waals surface area contributed by atoms with Crippen LogP contribution in [0.3, 0.4) is 0 Å². The fraction of sp³-hybridized carbons (Fsp3) is 1.00. The summed E-state index contributed by atoms with van der Waals surface area (Å²) in [6, 6.07) is 1.59. The predicted molar refractivity (Wildman–Crippen MR) is 78.3 cm³/mol. The minimum atomic E-state index is 0.751. The first kappa shape index (κ1) is 13.8. The Balaban J connectivity index is 1.43. The highest BCUT2D eigenvalue weighted by Gasteiger charge is 2.33. The van der Waals surface area contributed by atoms with Gasteiger partial charge in [0, 0.05) is 32.3 Å². The Labute approximate surface area is 118 Å². The third kappa shape index (κ3) is 3.50. The van der Waals surface area contributed by atoms with Crippen LogP contribution in [0.4, 0.5) is 0 Å². The van der Waals surface area contributed by atoms with Crippen LogP contribution in [0.15, 0.2) is 0 Å². The highest BCUT2D eigenvalue weighted by molar-refractivity contribution is 4.91. The first-order valence-corrected chi connectivity index (χ1v) is 8.32.